The van der Waals surface area contributed by atoms with Crippen LogP contribution >= 0.6 is 0 Å². The van der Waals surface area contributed by atoms with E-state index in [4.69, 9.17) is 0 Å². The van der Waals surface area contributed by atoms with Crippen LogP contribution in [0.25, 0.3) is 0 Å². The maximum Gasteiger partial charge on any atom is 0.299 e. The highest BCUT2D eigenvalue weighted by molar-refractivity contribution is 6.52. The number of hydrogen-bond acceptors (Lipinski definition) is 3. The van der Waals surface area contributed by atoms with Crippen LogP contribution in [0.3, 0.4) is 0 Å². The lowest BCUT2D eigenvalue weighted by Gasteiger charge is -2.15. The third kappa shape index (κ3) is 2.07. The van der Waals surface area contributed by atoms with Gasteiger partial charge in [0.15, 0.2) is 5.78 Å². The molecule has 1 heterocycles. The summed E-state index contributed by atoms with van der Waals surface area (Å²) in [7, 11) is 0. The van der Waals surface area contributed by atoms with Crippen LogP contribution in [0.5, 0.6) is 0 Å². The fourth-order valence-corrected chi connectivity index (χ4v) is 2.42. The maximum absolute atomic E-state index is 12.0. The fraction of sp³-hybridized carbons (Fsp3) is 0.400. The van der Waals surface area contributed by atoms with Crippen LogP contribution in [0.1, 0.15) is 53.0 Å². The SMILES string of the molecule is CCCC(=O)c1cc2c(cc1C)N(CC)C(=O)C2=O. The lowest BCUT2D eigenvalue weighted by atomic mass is 9.97. The Hall–Kier alpha value is -1.97. The summed E-state index contributed by atoms with van der Waals surface area (Å²) in [5.41, 5.74) is 2.36. The van der Waals surface area contributed by atoms with Gasteiger partial charge in [0.2, 0.25) is 0 Å². The van der Waals surface area contributed by atoms with E-state index >= 15 is 0 Å². The highest BCUT2D eigenvalue weighted by atomic mass is 16.2. The molecule has 100 valence electrons. The second-order valence-electron chi connectivity index (χ2n) is 4.74. The molecule has 0 saturated heterocycles. The number of aryl methyl sites for hydroxylation is 1. The van der Waals surface area contributed by atoms with E-state index in [1.807, 2.05) is 20.8 Å². The van der Waals surface area contributed by atoms with Crippen LogP contribution in [0.2, 0.25) is 0 Å². The number of rotatable bonds is 4. The minimum atomic E-state index is -0.512. The molecule has 2 rings (SSSR count). The lowest BCUT2D eigenvalue weighted by molar-refractivity contribution is -0.114. The Kier molecular flexibility index (Phi) is 3.51. The van der Waals surface area contributed by atoms with Gasteiger partial charge in [0.25, 0.3) is 11.7 Å². The van der Waals surface area contributed by atoms with Crippen molar-refractivity contribution >= 4 is 23.2 Å². The van der Waals surface area contributed by atoms with Crippen molar-refractivity contribution in [1.82, 2.24) is 0 Å². The molecule has 4 nitrogen and oxygen atoms in total. The first-order chi connectivity index (χ1) is 9.01. The fourth-order valence-electron chi connectivity index (χ4n) is 2.42. The molecule has 0 saturated carbocycles. The first-order valence-corrected chi connectivity index (χ1v) is 6.55. The summed E-state index contributed by atoms with van der Waals surface area (Å²) in [4.78, 5) is 37.2. The van der Waals surface area contributed by atoms with Crippen LogP contribution in [-0.2, 0) is 4.79 Å². The molecular formula is C15H17NO3. The number of carbonyl (C=O) groups excluding carboxylic acids is 3. The highest BCUT2D eigenvalue weighted by Crippen LogP contribution is 2.32. The molecule has 0 aromatic heterocycles. The summed E-state index contributed by atoms with van der Waals surface area (Å²) in [6.45, 7) is 6.06. The van der Waals surface area contributed by atoms with Crippen LogP contribution in [0.4, 0.5) is 5.69 Å². The van der Waals surface area contributed by atoms with Gasteiger partial charge in [-0.2, -0.15) is 0 Å². The number of benzene rings is 1. The van der Waals surface area contributed by atoms with E-state index in [-0.39, 0.29) is 5.78 Å². The summed E-state index contributed by atoms with van der Waals surface area (Å²) in [6, 6.07) is 3.35. The van der Waals surface area contributed by atoms with E-state index in [1.54, 1.807) is 12.1 Å². The van der Waals surface area contributed by atoms with Gasteiger partial charge in [0, 0.05) is 18.5 Å². The Bertz CT molecular complexity index is 575. The standard InChI is InChI=1S/C15H17NO3/c1-4-6-13(17)10-8-11-12(7-9(10)3)16(5-2)15(19)14(11)18/h7-8H,4-6H2,1-3H3. The molecule has 0 aliphatic carbocycles. The number of amides is 1. The zero-order valence-electron chi connectivity index (χ0n) is 11.4. The predicted octanol–water partition coefficient (Wildman–Crippen LogP) is 2.53. The molecule has 0 unspecified atom stereocenters. The Labute approximate surface area is 112 Å². The molecule has 0 spiro atoms. The molecule has 19 heavy (non-hydrogen) atoms. The summed E-state index contributed by atoms with van der Waals surface area (Å²) in [5, 5.41) is 0. The monoisotopic (exact) mass is 259 g/mol. The topological polar surface area (TPSA) is 54.5 Å². The normalized spacial score (nSPS) is 13.9. The van der Waals surface area contributed by atoms with Crippen molar-refractivity contribution in [2.24, 2.45) is 0 Å². The number of ketones is 2. The van der Waals surface area contributed by atoms with E-state index < -0.39 is 11.7 Å². The zero-order chi connectivity index (χ0) is 14.2. The van der Waals surface area contributed by atoms with Crippen molar-refractivity contribution in [3.8, 4) is 0 Å². The molecule has 1 aromatic rings. The predicted molar refractivity (Wildman–Crippen MR) is 72.8 cm³/mol. The van der Waals surface area contributed by atoms with Crippen molar-refractivity contribution in [2.45, 2.75) is 33.6 Å². The Morgan fingerprint density at radius 3 is 2.47 bits per heavy atom. The zero-order valence-corrected chi connectivity index (χ0v) is 11.4. The van der Waals surface area contributed by atoms with Gasteiger partial charge in [-0.1, -0.05) is 6.92 Å². The van der Waals surface area contributed by atoms with Gasteiger partial charge in [-0.25, -0.2) is 0 Å². The molecular weight excluding hydrogens is 242 g/mol. The second kappa shape index (κ2) is 4.96. The van der Waals surface area contributed by atoms with Gasteiger partial charge in [-0.15, -0.1) is 0 Å². The molecule has 4 heteroatoms. The van der Waals surface area contributed by atoms with Gasteiger partial charge >= 0.3 is 0 Å². The van der Waals surface area contributed by atoms with Gasteiger partial charge in [-0.3, -0.25) is 14.4 Å². The summed E-state index contributed by atoms with van der Waals surface area (Å²) in [5.74, 6) is -0.989. The smallest absolute Gasteiger partial charge is 0.299 e. The third-order valence-electron chi connectivity index (χ3n) is 3.41. The van der Waals surface area contributed by atoms with E-state index in [1.165, 1.54) is 4.90 Å². The van der Waals surface area contributed by atoms with Crippen LogP contribution in [-0.4, -0.2) is 24.0 Å². The van der Waals surface area contributed by atoms with Gasteiger partial charge in [-0.05, 0) is 38.0 Å². The number of Topliss-reactive ketones (excluding diaryl/α,β-unsaturated/α-hetero) is 2. The number of likely N-dealkylation sites (N-methyl/N-ethyl adjacent to an activating group) is 1. The first-order valence-electron chi connectivity index (χ1n) is 6.55. The summed E-state index contributed by atoms with van der Waals surface area (Å²) in [6.07, 6.45) is 1.22. The second-order valence-corrected chi connectivity index (χ2v) is 4.74. The number of fused-ring (bicyclic) bond motifs is 1. The van der Waals surface area contributed by atoms with E-state index in [0.717, 1.165) is 12.0 Å². The van der Waals surface area contributed by atoms with Crippen LogP contribution in [0, 0.1) is 6.92 Å². The molecule has 0 bridgehead atoms. The van der Waals surface area contributed by atoms with Crippen molar-refractivity contribution in [2.75, 3.05) is 11.4 Å². The van der Waals surface area contributed by atoms with Crippen LogP contribution in [0.15, 0.2) is 12.1 Å². The first kappa shape index (κ1) is 13.5. The molecule has 1 aliphatic rings. The largest absolute Gasteiger partial charge is 0.305 e. The summed E-state index contributed by atoms with van der Waals surface area (Å²) < 4.78 is 0. The number of anilines is 1. The number of nitrogens with zero attached hydrogens (tertiary/aromatic N) is 1. The molecule has 1 amide bonds. The molecule has 0 radical (unpaired) electrons. The minimum Gasteiger partial charge on any atom is -0.305 e. The van der Waals surface area contributed by atoms with Crippen molar-refractivity contribution < 1.29 is 14.4 Å². The summed E-state index contributed by atoms with van der Waals surface area (Å²) >= 11 is 0. The molecule has 1 aromatic carbocycles. The number of hydrogen-bond donors (Lipinski definition) is 0. The van der Waals surface area contributed by atoms with Crippen molar-refractivity contribution in [3.05, 3.63) is 28.8 Å². The lowest BCUT2D eigenvalue weighted by Crippen LogP contribution is -2.29. The van der Waals surface area contributed by atoms with E-state index in [2.05, 4.69) is 0 Å². The van der Waals surface area contributed by atoms with Gasteiger partial charge in [0.1, 0.15) is 0 Å². The molecule has 0 atom stereocenters. The number of carbonyl (C=O) groups is 3. The van der Waals surface area contributed by atoms with Gasteiger partial charge < -0.3 is 4.90 Å². The minimum absolute atomic E-state index is 0.0259. The van der Waals surface area contributed by atoms with Gasteiger partial charge in [0.05, 0.1) is 11.3 Å². The Morgan fingerprint density at radius 1 is 1.21 bits per heavy atom. The maximum atomic E-state index is 12.0. The van der Waals surface area contributed by atoms with E-state index in [9.17, 15) is 14.4 Å². The van der Waals surface area contributed by atoms with Crippen molar-refractivity contribution in [1.29, 1.82) is 0 Å². The molecule has 0 fully saturated rings. The molecule has 1 aliphatic heterocycles. The highest BCUT2D eigenvalue weighted by Gasteiger charge is 2.35. The van der Waals surface area contributed by atoms with Crippen LogP contribution < -0.4 is 4.90 Å². The Balaban J connectivity index is 2.54. The third-order valence-corrected chi connectivity index (χ3v) is 3.41. The Morgan fingerprint density at radius 2 is 1.89 bits per heavy atom. The van der Waals surface area contributed by atoms with Crippen molar-refractivity contribution in [3.63, 3.8) is 0 Å². The molecule has 0 N–H and O–H groups in total. The average molecular weight is 259 g/mol. The van der Waals surface area contributed by atoms with E-state index in [0.29, 0.717) is 29.8 Å². The quantitative estimate of drug-likeness (QED) is 0.616. The average Bonchev–Trinajstić information content (AvgIpc) is 2.60.